The summed E-state index contributed by atoms with van der Waals surface area (Å²) in [5, 5.41) is 0. The van der Waals surface area contributed by atoms with Crippen LogP contribution in [0.3, 0.4) is 0 Å². The van der Waals surface area contributed by atoms with E-state index < -0.39 is 0 Å². The van der Waals surface area contributed by atoms with Crippen LogP contribution in [-0.4, -0.2) is 29.7 Å². The van der Waals surface area contributed by atoms with Crippen molar-refractivity contribution in [2.45, 2.75) is 40.0 Å². The maximum absolute atomic E-state index is 11.4. The lowest BCUT2D eigenvalue weighted by Gasteiger charge is -2.17. The zero-order valence-electron chi connectivity index (χ0n) is 8.80. The fraction of sp³-hybridized carbons (Fsp3) is 0.800. The lowest BCUT2D eigenvalue weighted by Crippen LogP contribution is -2.31. The summed E-state index contributed by atoms with van der Waals surface area (Å²) in [6.07, 6.45) is 1.42. The Morgan fingerprint density at radius 3 is 2.00 bits per heavy atom. The van der Waals surface area contributed by atoms with Crippen molar-refractivity contribution in [3.8, 4) is 0 Å². The summed E-state index contributed by atoms with van der Waals surface area (Å²) < 4.78 is 0. The minimum absolute atomic E-state index is 0.0385. The van der Waals surface area contributed by atoms with Crippen molar-refractivity contribution in [2.75, 3.05) is 13.1 Å². The van der Waals surface area contributed by atoms with Gasteiger partial charge in [0.2, 0.25) is 5.91 Å². The Morgan fingerprint density at radius 1 is 1.08 bits per heavy atom. The van der Waals surface area contributed by atoms with Crippen molar-refractivity contribution in [1.29, 1.82) is 0 Å². The van der Waals surface area contributed by atoms with Crippen LogP contribution in [0.15, 0.2) is 0 Å². The summed E-state index contributed by atoms with van der Waals surface area (Å²) in [6.45, 7) is 7.17. The Labute approximate surface area is 80.1 Å². The summed E-state index contributed by atoms with van der Waals surface area (Å²) in [5.41, 5.74) is 0. The van der Waals surface area contributed by atoms with Crippen molar-refractivity contribution >= 4 is 11.7 Å². The molecule has 0 radical (unpaired) electrons. The van der Waals surface area contributed by atoms with Gasteiger partial charge in [0.25, 0.3) is 0 Å². The molecule has 0 aliphatic carbocycles. The Morgan fingerprint density at radius 2 is 1.62 bits per heavy atom. The van der Waals surface area contributed by atoms with Crippen LogP contribution in [-0.2, 0) is 9.59 Å². The number of hydrogen-bond acceptors (Lipinski definition) is 2. The molecule has 0 heterocycles. The number of carbonyl (C=O) groups excluding carboxylic acids is 2. The SMILES string of the molecule is CCCC(=O)CC(=O)N(CC)CC. The zero-order chi connectivity index (χ0) is 10.3. The van der Waals surface area contributed by atoms with Crippen LogP contribution in [0.25, 0.3) is 0 Å². The highest BCUT2D eigenvalue weighted by atomic mass is 16.2. The fourth-order valence-electron chi connectivity index (χ4n) is 1.22. The summed E-state index contributed by atoms with van der Waals surface area (Å²) in [6, 6.07) is 0. The van der Waals surface area contributed by atoms with Crippen molar-refractivity contribution in [3.63, 3.8) is 0 Å². The van der Waals surface area contributed by atoms with Gasteiger partial charge >= 0.3 is 0 Å². The Hall–Kier alpha value is -0.860. The first kappa shape index (κ1) is 12.1. The van der Waals surface area contributed by atoms with E-state index in [0.717, 1.165) is 6.42 Å². The van der Waals surface area contributed by atoms with Gasteiger partial charge in [-0.05, 0) is 20.3 Å². The van der Waals surface area contributed by atoms with Crippen LogP contribution in [0.1, 0.15) is 40.0 Å². The highest BCUT2D eigenvalue weighted by Gasteiger charge is 2.13. The maximum atomic E-state index is 11.4. The molecule has 1 amide bonds. The molecular weight excluding hydrogens is 166 g/mol. The van der Waals surface area contributed by atoms with E-state index >= 15 is 0 Å². The predicted octanol–water partition coefficient (Wildman–Crippen LogP) is 1.61. The smallest absolute Gasteiger partial charge is 0.229 e. The van der Waals surface area contributed by atoms with Crippen molar-refractivity contribution in [1.82, 2.24) is 4.90 Å². The lowest BCUT2D eigenvalue weighted by atomic mass is 10.1. The molecular formula is C10H19NO2. The number of ketones is 1. The van der Waals surface area contributed by atoms with Gasteiger partial charge in [0.15, 0.2) is 0 Å². The van der Waals surface area contributed by atoms with Crippen molar-refractivity contribution < 1.29 is 9.59 Å². The highest BCUT2D eigenvalue weighted by Crippen LogP contribution is 1.99. The summed E-state index contributed by atoms with van der Waals surface area (Å²) in [5.74, 6) is 0.0165. The molecule has 0 aromatic heterocycles. The van der Waals surface area contributed by atoms with E-state index in [1.807, 2.05) is 20.8 Å². The van der Waals surface area contributed by atoms with Crippen LogP contribution < -0.4 is 0 Å². The zero-order valence-corrected chi connectivity index (χ0v) is 8.80. The average molecular weight is 185 g/mol. The molecule has 0 saturated heterocycles. The number of nitrogens with zero attached hydrogens (tertiary/aromatic N) is 1. The molecule has 76 valence electrons. The molecule has 0 spiro atoms. The quantitative estimate of drug-likeness (QED) is 0.590. The minimum Gasteiger partial charge on any atom is -0.343 e. The molecule has 0 unspecified atom stereocenters. The van der Waals surface area contributed by atoms with Gasteiger partial charge in [-0.2, -0.15) is 0 Å². The van der Waals surface area contributed by atoms with Gasteiger partial charge in [-0.3, -0.25) is 9.59 Å². The number of carbonyl (C=O) groups is 2. The number of Topliss-reactive ketones (excluding diaryl/α,β-unsaturated/α-hetero) is 1. The third-order valence-electron chi connectivity index (χ3n) is 1.99. The maximum Gasteiger partial charge on any atom is 0.229 e. The largest absolute Gasteiger partial charge is 0.343 e. The van der Waals surface area contributed by atoms with E-state index in [9.17, 15) is 9.59 Å². The first-order chi connectivity index (χ1) is 6.15. The molecule has 0 N–H and O–H groups in total. The van der Waals surface area contributed by atoms with E-state index in [1.54, 1.807) is 4.90 Å². The first-order valence-electron chi connectivity index (χ1n) is 4.95. The van der Waals surface area contributed by atoms with Gasteiger partial charge in [-0.25, -0.2) is 0 Å². The third kappa shape index (κ3) is 4.65. The predicted molar refractivity (Wildman–Crippen MR) is 52.5 cm³/mol. The molecule has 13 heavy (non-hydrogen) atoms. The first-order valence-corrected chi connectivity index (χ1v) is 4.95. The van der Waals surface area contributed by atoms with Crippen molar-refractivity contribution in [3.05, 3.63) is 0 Å². The van der Waals surface area contributed by atoms with Gasteiger partial charge in [0.1, 0.15) is 5.78 Å². The molecule has 0 bridgehead atoms. The van der Waals surface area contributed by atoms with Crippen molar-refractivity contribution in [2.24, 2.45) is 0 Å². The minimum atomic E-state index is -0.0385. The molecule has 0 aliphatic heterocycles. The van der Waals surface area contributed by atoms with E-state index in [0.29, 0.717) is 19.5 Å². The number of hydrogen-bond donors (Lipinski definition) is 0. The summed E-state index contributed by atoms with van der Waals surface area (Å²) in [4.78, 5) is 24.2. The third-order valence-corrected chi connectivity index (χ3v) is 1.99. The molecule has 3 nitrogen and oxygen atoms in total. The van der Waals surface area contributed by atoms with Gasteiger partial charge in [0, 0.05) is 19.5 Å². The van der Waals surface area contributed by atoms with E-state index in [2.05, 4.69) is 0 Å². The number of rotatable bonds is 6. The average Bonchev–Trinajstić information content (AvgIpc) is 2.06. The van der Waals surface area contributed by atoms with Gasteiger partial charge in [-0.1, -0.05) is 6.92 Å². The van der Waals surface area contributed by atoms with Gasteiger partial charge in [0.05, 0.1) is 6.42 Å². The van der Waals surface area contributed by atoms with Crippen LogP contribution in [0.4, 0.5) is 0 Å². The molecule has 3 heteroatoms. The standard InChI is InChI=1S/C10H19NO2/c1-4-7-9(12)8-10(13)11(5-2)6-3/h4-8H2,1-3H3. The summed E-state index contributed by atoms with van der Waals surface area (Å²) in [7, 11) is 0. The summed E-state index contributed by atoms with van der Waals surface area (Å²) >= 11 is 0. The normalized spacial score (nSPS) is 9.77. The fourth-order valence-corrected chi connectivity index (χ4v) is 1.22. The van der Waals surface area contributed by atoms with E-state index in [4.69, 9.17) is 0 Å². The Balaban J connectivity index is 3.90. The molecule has 0 rings (SSSR count). The van der Waals surface area contributed by atoms with Crippen LogP contribution in [0.5, 0.6) is 0 Å². The molecule has 0 fully saturated rings. The molecule has 0 saturated carbocycles. The molecule has 0 aromatic carbocycles. The monoisotopic (exact) mass is 185 g/mol. The lowest BCUT2D eigenvalue weighted by molar-refractivity contribution is -0.135. The Kier molecular flexibility index (Phi) is 6.20. The van der Waals surface area contributed by atoms with Crippen LogP contribution >= 0.6 is 0 Å². The van der Waals surface area contributed by atoms with E-state index in [1.165, 1.54) is 0 Å². The second kappa shape index (κ2) is 6.63. The number of amides is 1. The molecule has 0 aliphatic rings. The molecule has 0 atom stereocenters. The molecule has 0 aromatic rings. The second-order valence-electron chi connectivity index (χ2n) is 3.03. The second-order valence-corrected chi connectivity index (χ2v) is 3.03. The van der Waals surface area contributed by atoms with Crippen LogP contribution in [0, 0.1) is 0 Å². The van der Waals surface area contributed by atoms with Gasteiger partial charge in [-0.15, -0.1) is 0 Å². The topological polar surface area (TPSA) is 37.4 Å². The van der Waals surface area contributed by atoms with Gasteiger partial charge < -0.3 is 4.90 Å². The van der Waals surface area contributed by atoms with E-state index in [-0.39, 0.29) is 18.1 Å². The van der Waals surface area contributed by atoms with Crippen LogP contribution in [0.2, 0.25) is 0 Å². The highest BCUT2D eigenvalue weighted by molar-refractivity contribution is 5.97. The Bertz CT molecular complexity index is 174.